The van der Waals surface area contributed by atoms with E-state index in [0.29, 0.717) is 0 Å². The maximum Gasteiger partial charge on any atom is 0.0411 e. The molecule has 0 aromatic carbocycles. The topological polar surface area (TPSA) is 25.8 Å². The van der Waals surface area contributed by atoms with Gasteiger partial charge in [-0.25, -0.2) is 0 Å². The van der Waals surface area contributed by atoms with E-state index in [4.69, 9.17) is 0 Å². The second kappa shape index (κ2) is 11.6. The van der Waals surface area contributed by atoms with Crippen LogP contribution in [0.5, 0.6) is 0 Å². The molecule has 0 aliphatic carbocycles. The highest BCUT2D eigenvalue weighted by molar-refractivity contribution is 7.99. The first-order chi connectivity index (χ1) is 10.9. The fraction of sp³-hybridized carbons (Fsp3) is 0.444. The SMILES string of the molecule is c1ccc(CCSCCCCSCCc2ccccn2)nc1. The highest BCUT2D eigenvalue weighted by Gasteiger charge is 1.96. The number of rotatable bonds is 11. The van der Waals surface area contributed by atoms with Gasteiger partial charge in [0, 0.05) is 23.8 Å². The van der Waals surface area contributed by atoms with Crippen molar-refractivity contribution in [2.75, 3.05) is 23.0 Å². The largest absolute Gasteiger partial charge is 0.261 e. The Morgan fingerprint density at radius 2 is 1.14 bits per heavy atom. The summed E-state index contributed by atoms with van der Waals surface area (Å²) in [5.74, 6) is 4.91. The quantitative estimate of drug-likeness (QED) is 0.566. The van der Waals surface area contributed by atoms with Crippen molar-refractivity contribution < 1.29 is 0 Å². The van der Waals surface area contributed by atoms with Crippen molar-refractivity contribution in [3.05, 3.63) is 60.2 Å². The van der Waals surface area contributed by atoms with Gasteiger partial charge in [-0.2, -0.15) is 23.5 Å². The molecule has 2 aromatic rings. The van der Waals surface area contributed by atoms with E-state index in [9.17, 15) is 0 Å². The maximum atomic E-state index is 4.35. The minimum atomic E-state index is 1.09. The van der Waals surface area contributed by atoms with Gasteiger partial charge in [-0.3, -0.25) is 9.97 Å². The number of hydrogen-bond donors (Lipinski definition) is 0. The molecule has 0 bridgehead atoms. The molecule has 0 aliphatic heterocycles. The molecule has 0 radical (unpaired) electrons. The van der Waals surface area contributed by atoms with E-state index in [2.05, 4.69) is 34.2 Å². The molecular formula is C18H24N2S2. The molecule has 2 nitrogen and oxygen atoms in total. The first-order valence-electron chi connectivity index (χ1n) is 7.90. The third kappa shape index (κ3) is 7.85. The zero-order valence-electron chi connectivity index (χ0n) is 13.0. The molecule has 0 aliphatic rings. The summed E-state index contributed by atoms with van der Waals surface area (Å²) in [5, 5.41) is 0. The second-order valence-electron chi connectivity index (χ2n) is 5.07. The van der Waals surface area contributed by atoms with Crippen LogP contribution in [-0.2, 0) is 12.8 Å². The molecule has 0 atom stereocenters. The van der Waals surface area contributed by atoms with Crippen LogP contribution in [0.15, 0.2) is 48.8 Å². The van der Waals surface area contributed by atoms with Crippen molar-refractivity contribution in [2.45, 2.75) is 25.7 Å². The Morgan fingerprint density at radius 3 is 1.55 bits per heavy atom. The fourth-order valence-electron chi connectivity index (χ4n) is 2.06. The number of hydrogen-bond acceptors (Lipinski definition) is 4. The van der Waals surface area contributed by atoms with Crippen molar-refractivity contribution in [1.29, 1.82) is 0 Å². The highest BCUT2D eigenvalue weighted by atomic mass is 32.2. The van der Waals surface area contributed by atoms with Crippen LogP contribution in [0.25, 0.3) is 0 Å². The van der Waals surface area contributed by atoms with Crippen LogP contribution in [0.3, 0.4) is 0 Å². The summed E-state index contributed by atoms with van der Waals surface area (Å²) in [4.78, 5) is 8.70. The predicted octanol–water partition coefficient (Wildman–Crippen LogP) is 4.51. The molecule has 0 fully saturated rings. The number of aryl methyl sites for hydroxylation is 2. The van der Waals surface area contributed by atoms with Gasteiger partial charge in [-0.05, 0) is 73.0 Å². The lowest BCUT2D eigenvalue weighted by atomic mass is 10.3. The van der Waals surface area contributed by atoms with Gasteiger partial charge >= 0.3 is 0 Å². The van der Waals surface area contributed by atoms with Crippen molar-refractivity contribution in [1.82, 2.24) is 9.97 Å². The van der Waals surface area contributed by atoms with Gasteiger partial charge in [0.15, 0.2) is 0 Å². The van der Waals surface area contributed by atoms with Crippen LogP contribution in [0.4, 0.5) is 0 Å². The average molecular weight is 333 g/mol. The van der Waals surface area contributed by atoms with Gasteiger partial charge in [-0.1, -0.05) is 12.1 Å². The summed E-state index contributed by atoms with van der Waals surface area (Å²) in [5.41, 5.74) is 2.42. The Labute approximate surface area is 142 Å². The molecule has 4 heteroatoms. The summed E-state index contributed by atoms with van der Waals surface area (Å²) in [6, 6.07) is 12.3. The third-order valence-electron chi connectivity index (χ3n) is 3.28. The minimum Gasteiger partial charge on any atom is -0.261 e. The Hall–Kier alpha value is -1.00. The first-order valence-corrected chi connectivity index (χ1v) is 10.2. The molecule has 2 heterocycles. The molecule has 0 saturated carbocycles. The Kier molecular flexibility index (Phi) is 9.11. The minimum absolute atomic E-state index is 1.09. The normalized spacial score (nSPS) is 10.7. The van der Waals surface area contributed by atoms with Crippen LogP contribution in [-0.4, -0.2) is 33.0 Å². The summed E-state index contributed by atoms with van der Waals surface area (Å²) in [6.45, 7) is 0. The second-order valence-corrected chi connectivity index (χ2v) is 7.52. The molecule has 118 valence electrons. The van der Waals surface area contributed by atoms with Crippen LogP contribution in [0.2, 0.25) is 0 Å². The Balaban J connectivity index is 1.37. The highest BCUT2D eigenvalue weighted by Crippen LogP contribution is 2.11. The fourth-order valence-corrected chi connectivity index (χ4v) is 3.99. The lowest BCUT2D eigenvalue weighted by Gasteiger charge is -2.03. The zero-order valence-corrected chi connectivity index (χ0v) is 14.6. The van der Waals surface area contributed by atoms with Gasteiger partial charge in [0.1, 0.15) is 0 Å². The molecule has 2 rings (SSSR count). The van der Waals surface area contributed by atoms with Gasteiger partial charge in [0.2, 0.25) is 0 Å². The first kappa shape index (κ1) is 17.4. The van der Waals surface area contributed by atoms with E-state index in [-0.39, 0.29) is 0 Å². The van der Waals surface area contributed by atoms with Gasteiger partial charge in [-0.15, -0.1) is 0 Å². The molecule has 0 amide bonds. The van der Waals surface area contributed by atoms with Crippen molar-refractivity contribution in [2.24, 2.45) is 0 Å². The standard InChI is InChI=1S/C18H24N2S2/c1-3-11-19-17(7-1)9-15-21-13-5-6-14-22-16-10-18-8-2-4-12-20-18/h1-4,7-8,11-12H,5-6,9-10,13-16H2. The van der Waals surface area contributed by atoms with Gasteiger partial charge < -0.3 is 0 Å². The van der Waals surface area contributed by atoms with Crippen LogP contribution >= 0.6 is 23.5 Å². The van der Waals surface area contributed by atoms with Crippen LogP contribution in [0.1, 0.15) is 24.2 Å². The van der Waals surface area contributed by atoms with Crippen molar-refractivity contribution >= 4 is 23.5 Å². The average Bonchev–Trinajstić information content (AvgIpc) is 2.58. The smallest absolute Gasteiger partial charge is 0.0411 e. The molecule has 2 aromatic heterocycles. The van der Waals surface area contributed by atoms with Crippen molar-refractivity contribution in [3.8, 4) is 0 Å². The summed E-state index contributed by atoms with van der Waals surface area (Å²) in [6.07, 6.45) is 8.58. The van der Waals surface area contributed by atoms with E-state index in [1.807, 2.05) is 48.1 Å². The molecular weight excluding hydrogens is 308 g/mol. The molecule has 0 unspecified atom stereocenters. The predicted molar refractivity (Wildman–Crippen MR) is 99.8 cm³/mol. The van der Waals surface area contributed by atoms with Crippen LogP contribution < -0.4 is 0 Å². The molecule has 0 N–H and O–H groups in total. The van der Waals surface area contributed by atoms with Crippen LogP contribution in [0, 0.1) is 0 Å². The lowest BCUT2D eigenvalue weighted by Crippen LogP contribution is -1.94. The summed E-state index contributed by atoms with van der Waals surface area (Å²) < 4.78 is 0. The van der Waals surface area contributed by atoms with Crippen molar-refractivity contribution in [3.63, 3.8) is 0 Å². The van der Waals surface area contributed by atoms with E-state index in [1.54, 1.807) is 0 Å². The number of aromatic nitrogens is 2. The van der Waals surface area contributed by atoms with Gasteiger partial charge in [0.25, 0.3) is 0 Å². The maximum absolute atomic E-state index is 4.35. The number of nitrogens with zero attached hydrogens (tertiary/aromatic N) is 2. The lowest BCUT2D eigenvalue weighted by molar-refractivity contribution is 0.904. The monoisotopic (exact) mass is 332 g/mol. The van der Waals surface area contributed by atoms with E-state index in [0.717, 1.165) is 12.8 Å². The van der Waals surface area contributed by atoms with Gasteiger partial charge in [0.05, 0.1) is 0 Å². The Bertz CT molecular complexity index is 443. The van der Waals surface area contributed by atoms with E-state index < -0.39 is 0 Å². The van der Waals surface area contributed by atoms with E-state index in [1.165, 1.54) is 47.2 Å². The summed E-state index contributed by atoms with van der Waals surface area (Å²) >= 11 is 4.10. The number of unbranched alkanes of at least 4 members (excludes halogenated alkanes) is 1. The Morgan fingerprint density at radius 1 is 0.636 bits per heavy atom. The van der Waals surface area contributed by atoms with E-state index >= 15 is 0 Å². The zero-order chi connectivity index (χ0) is 15.3. The summed E-state index contributed by atoms with van der Waals surface area (Å²) in [7, 11) is 0. The molecule has 0 saturated heterocycles. The number of thioether (sulfide) groups is 2. The molecule has 0 spiro atoms. The molecule has 22 heavy (non-hydrogen) atoms. The number of pyridine rings is 2. The third-order valence-corrected chi connectivity index (χ3v) is 5.43.